The monoisotopic (exact) mass is 201 g/mol. The molecule has 2 rings (SSSR count). The number of hydrogen-bond donors (Lipinski definition) is 1. The van der Waals surface area contributed by atoms with Crippen LogP contribution in [0.4, 0.5) is 5.95 Å². The third-order valence-electron chi connectivity index (χ3n) is 1.59. The van der Waals surface area contributed by atoms with Gasteiger partial charge in [0.25, 0.3) is 5.91 Å². The lowest BCUT2D eigenvalue weighted by atomic mass is 10.4. The van der Waals surface area contributed by atoms with E-state index in [0.29, 0.717) is 0 Å². The van der Waals surface area contributed by atoms with E-state index in [1.54, 1.807) is 18.5 Å². The zero-order valence-electron chi connectivity index (χ0n) is 7.66. The Balaban J connectivity index is 2.12. The summed E-state index contributed by atoms with van der Waals surface area (Å²) in [5.74, 6) is -0.137. The van der Waals surface area contributed by atoms with Crippen molar-refractivity contribution in [2.75, 3.05) is 5.32 Å². The summed E-state index contributed by atoms with van der Waals surface area (Å²) in [6, 6.07) is 1.66. The van der Waals surface area contributed by atoms with E-state index in [-0.39, 0.29) is 17.5 Å². The molecule has 6 heteroatoms. The molecule has 2 aromatic heterocycles. The lowest BCUT2D eigenvalue weighted by Gasteiger charge is -2.00. The fraction of sp³-hybridized carbons (Fsp3) is 0. The minimum Gasteiger partial charge on any atom is -0.289 e. The summed E-state index contributed by atoms with van der Waals surface area (Å²) in [6.07, 6.45) is 7.40. The molecule has 1 N–H and O–H groups in total. The predicted molar refractivity (Wildman–Crippen MR) is 52.0 cm³/mol. The molecule has 0 bridgehead atoms. The van der Waals surface area contributed by atoms with Crippen molar-refractivity contribution in [2.24, 2.45) is 0 Å². The highest BCUT2D eigenvalue weighted by atomic mass is 16.2. The summed E-state index contributed by atoms with van der Waals surface area (Å²) in [4.78, 5) is 26.9. The first kappa shape index (κ1) is 9.20. The normalized spacial score (nSPS) is 9.60. The number of amides is 1. The van der Waals surface area contributed by atoms with E-state index in [2.05, 4.69) is 25.3 Å². The Labute approximate surface area is 85.4 Å². The highest BCUT2D eigenvalue weighted by Crippen LogP contribution is 1.98. The fourth-order valence-electron chi connectivity index (χ4n) is 0.946. The van der Waals surface area contributed by atoms with Gasteiger partial charge in [-0.2, -0.15) is 0 Å². The number of aromatic nitrogens is 4. The van der Waals surface area contributed by atoms with Gasteiger partial charge in [0.1, 0.15) is 5.69 Å². The van der Waals surface area contributed by atoms with Gasteiger partial charge in [-0.1, -0.05) is 0 Å². The second-order valence-corrected chi connectivity index (χ2v) is 2.62. The summed E-state index contributed by atoms with van der Waals surface area (Å²) < 4.78 is 0. The SMILES string of the molecule is O=C(Nc1ncccn1)c1cnccn1. The molecule has 15 heavy (non-hydrogen) atoms. The van der Waals surface area contributed by atoms with Crippen LogP contribution in [0.5, 0.6) is 0 Å². The van der Waals surface area contributed by atoms with Crippen molar-refractivity contribution in [3.63, 3.8) is 0 Å². The first-order valence-corrected chi connectivity index (χ1v) is 4.20. The summed E-state index contributed by atoms with van der Waals surface area (Å²) >= 11 is 0. The van der Waals surface area contributed by atoms with Gasteiger partial charge in [-0.25, -0.2) is 15.0 Å². The lowest BCUT2D eigenvalue weighted by molar-refractivity contribution is 0.102. The van der Waals surface area contributed by atoms with E-state index in [0.717, 1.165) is 0 Å². The van der Waals surface area contributed by atoms with Gasteiger partial charge in [0.2, 0.25) is 5.95 Å². The second kappa shape index (κ2) is 4.23. The molecule has 0 fully saturated rings. The molecule has 0 atom stereocenters. The van der Waals surface area contributed by atoms with Crippen molar-refractivity contribution in [2.45, 2.75) is 0 Å². The van der Waals surface area contributed by atoms with Crippen LogP contribution in [-0.2, 0) is 0 Å². The van der Waals surface area contributed by atoms with Crippen LogP contribution in [0, 0.1) is 0 Å². The first-order chi connectivity index (χ1) is 7.36. The number of carbonyl (C=O) groups excluding carboxylic acids is 1. The smallest absolute Gasteiger partial charge is 0.278 e. The zero-order valence-corrected chi connectivity index (χ0v) is 7.66. The fourth-order valence-corrected chi connectivity index (χ4v) is 0.946. The summed E-state index contributed by atoms with van der Waals surface area (Å²) in [5, 5.41) is 2.49. The van der Waals surface area contributed by atoms with E-state index in [9.17, 15) is 4.79 Å². The van der Waals surface area contributed by atoms with Gasteiger partial charge in [0, 0.05) is 24.8 Å². The number of nitrogens with zero attached hydrogens (tertiary/aromatic N) is 4. The molecular formula is C9H7N5O. The summed E-state index contributed by atoms with van der Waals surface area (Å²) in [5.41, 5.74) is 0.227. The topological polar surface area (TPSA) is 80.7 Å². The van der Waals surface area contributed by atoms with Crippen molar-refractivity contribution in [3.05, 3.63) is 42.7 Å². The molecular weight excluding hydrogens is 194 g/mol. The Morgan fingerprint density at radius 3 is 2.53 bits per heavy atom. The molecule has 2 heterocycles. The molecule has 0 spiro atoms. The van der Waals surface area contributed by atoms with Crippen LogP contribution >= 0.6 is 0 Å². The highest BCUT2D eigenvalue weighted by molar-refractivity contribution is 6.01. The van der Waals surface area contributed by atoms with Crippen LogP contribution in [0.25, 0.3) is 0 Å². The van der Waals surface area contributed by atoms with E-state index in [1.807, 2.05) is 0 Å². The lowest BCUT2D eigenvalue weighted by Crippen LogP contribution is -2.15. The number of anilines is 1. The van der Waals surface area contributed by atoms with Crippen LogP contribution in [-0.4, -0.2) is 25.8 Å². The Bertz CT molecular complexity index is 445. The largest absolute Gasteiger partial charge is 0.289 e. The van der Waals surface area contributed by atoms with Crippen molar-refractivity contribution in [1.29, 1.82) is 0 Å². The molecule has 0 aromatic carbocycles. The van der Waals surface area contributed by atoms with E-state index in [4.69, 9.17) is 0 Å². The molecule has 0 aliphatic heterocycles. The van der Waals surface area contributed by atoms with Gasteiger partial charge in [0.05, 0.1) is 6.20 Å². The first-order valence-electron chi connectivity index (χ1n) is 4.20. The molecule has 6 nitrogen and oxygen atoms in total. The maximum Gasteiger partial charge on any atom is 0.278 e. The van der Waals surface area contributed by atoms with Crippen molar-refractivity contribution in [3.8, 4) is 0 Å². The molecule has 2 aromatic rings. The van der Waals surface area contributed by atoms with Gasteiger partial charge in [-0.05, 0) is 6.07 Å². The number of rotatable bonds is 2. The van der Waals surface area contributed by atoms with Gasteiger partial charge < -0.3 is 0 Å². The molecule has 0 saturated heterocycles. The number of hydrogen-bond acceptors (Lipinski definition) is 5. The van der Waals surface area contributed by atoms with Crippen LogP contribution < -0.4 is 5.32 Å². The van der Waals surface area contributed by atoms with Crippen LogP contribution in [0.2, 0.25) is 0 Å². The Morgan fingerprint density at radius 2 is 1.87 bits per heavy atom. The van der Waals surface area contributed by atoms with Crippen LogP contribution in [0.15, 0.2) is 37.1 Å². The van der Waals surface area contributed by atoms with Crippen molar-refractivity contribution < 1.29 is 4.79 Å². The van der Waals surface area contributed by atoms with E-state index in [1.165, 1.54) is 18.6 Å². The maximum absolute atomic E-state index is 11.5. The van der Waals surface area contributed by atoms with Gasteiger partial charge in [-0.3, -0.25) is 15.1 Å². The van der Waals surface area contributed by atoms with Crippen LogP contribution in [0.1, 0.15) is 10.5 Å². The summed E-state index contributed by atoms with van der Waals surface area (Å²) in [7, 11) is 0. The minimum atomic E-state index is -0.380. The van der Waals surface area contributed by atoms with Crippen molar-refractivity contribution in [1.82, 2.24) is 19.9 Å². The quantitative estimate of drug-likeness (QED) is 0.766. The molecule has 1 amide bonds. The minimum absolute atomic E-state index is 0.227. The molecule has 0 aliphatic rings. The third-order valence-corrected chi connectivity index (χ3v) is 1.59. The van der Waals surface area contributed by atoms with Gasteiger partial charge >= 0.3 is 0 Å². The Kier molecular flexibility index (Phi) is 2.59. The van der Waals surface area contributed by atoms with Gasteiger partial charge in [0.15, 0.2) is 0 Å². The molecule has 0 radical (unpaired) electrons. The Morgan fingerprint density at radius 1 is 1.07 bits per heavy atom. The molecule has 0 aliphatic carbocycles. The standard InChI is InChI=1S/C9H7N5O/c15-8(7-6-10-4-5-11-7)14-9-12-2-1-3-13-9/h1-6H,(H,12,13,14,15). The average Bonchev–Trinajstić information content (AvgIpc) is 2.31. The second-order valence-electron chi connectivity index (χ2n) is 2.62. The molecule has 0 saturated carbocycles. The number of carbonyl (C=O) groups is 1. The molecule has 74 valence electrons. The predicted octanol–water partition coefficient (Wildman–Crippen LogP) is 0.519. The van der Waals surface area contributed by atoms with Crippen LogP contribution in [0.3, 0.4) is 0 Å². The zero-order chi connectivity index (χ0) is 10.5. The van der Waals surface area contributed by atoms with Gasteiger partial charge in [-0.15, -0.1) is 0 Å². The highest BCUT2D eigenvalue weighted by Gasteiger charge is 2.07. The third kappa shape index (κ3) is 2.31. The molecule has 0 unspecified atom stereocenters. The van der Waals surface area contributed by atoms with E-state index >= 15 is 0 Å². The maximum atomic E-state index is 11.5. The van der Waals surface area contributed by atoms with Crippen molar-refractivity contribution >= 4 is 11.9 Å². The average molecular weight is 201 g/mol. The Hall–Kier alpha value is -2.37. The number of nitrogens with one attached hydrogen (secondary N) is 1. The summed E-state index contributed by atoms with van der Waals surface area (Å²) in [6.45, 7) is 0. The van der Waals surface area contributed by atoms with E-state index < -0.39 is 0 Å².